The lowest BCUT2D eigenvalue weighted by atomic mass is 10.2. The molecular weight excluding hydrogens is 299 g/mol. The number of halogens is 3. The van der Waals surface area contributed by atoms with Crippen LogP contribution in [0.3, 0.4) is 0 Å². The van der Waals surface area contributed by atoms with Crippen molar-refractivity contribution in [2.45, 2.75) is 32.7 Å². The fourth-order valence-corrected chi connectivity index (χ4v) is 2.88. The minimum atomic E-state index is -4.67. The Morgan fingerprint density at radius 2 is 2.00 bits per heavy atom. The SMILES string of the molecule is CCc1ccc(C(C)Nc2cccc(OC(F)(F)F)c2)s1. The van der Waals surface area contributed by atoms with Gasteiger partial charge >= 0.3 is 6.36 Å². The summed E-state index contributed by atoms with van der Waals surface area (Å²) in [6, 6.07) is 10.0. The molecular formula is C15H16F3NOS. The van der Waals surface area contributed by atoms with Gasteiger partial charge in [0, 0.05) is 21.5 Å². The Kier molecular flexibility index (Phi) is 4.77. The Balaban J connectivity index is 2.06. The first kappa shape index (κ1) is 15.7. The summed E-state index contributed by atoms with van der Waals surface area (Å²) in [6.07, 6.45) is -3.69. The van der Waals surface area contributed by atoms with Gasteiger partial charge in [0.1, 0.15) is 5.75 Å². The van der Waals surface area contributed by atoms with Crippen LogP contribution in [-0.2, 0) is 6.42 Å². The van der Waals surface area contributed by atoms with Crippen LogP contribution in [0.4, 0.5) is 18.9 Å². The van der Waals surface area contributed by atoms with Crippen LogP contribution in [0.25, 0.3) is 0 Å². The first-order valence-electron chi connectivity index (χ1n) is 6.58. The highest BCUT2D eigenvalue weighted by Crippen LogP contribution is 2.29. The van der Waals surface area contributed by atoms with Crippen LogP contribution in [-0.4, -0.2) is 6.36 Å². The van der Waals surface area contributed by atoms with Crippen molar-refractivity contribution in [2.24, 2.45) is 0 Å². The molecule has 6 heteroatoms. The number of ether oxygens (including phenoxy) is 1. The van der Waals surface area contributed by atoms with Crippen LogP contribution in [0, 0.1) is 0 Å². The maximum absolute atomic E-state index is 12.2. The predicted molar refractivity (Wildman–Crippen MR) is 78.9 cm³/mol. The Labute approximate surface area is 125 Å². The molecule has 0 saturated heterocycles. The molecule has 2 nitrogen and oxygen atoms in total. The summed E-state index contributed by atoms with van der Waals surface area (Å²) in [5.41, 5.74) is 0.593. The average molecular weight is 315 g/mol. The topological polar surface area (TPSA) is 21.3 Å². The zero-order valence-corrected chi connectivity index (χ0v) is 12.5. The Bertz CT molecular complexity index is 595. The van der Waals surface area contributed by atoms with Crippen molar-refractivity contribution in [1.29, 1.82) is 0 Å². The van der Waals surface area contributed by atoms with Crippen molar-refractivity contribution in [3.63, 3.8) is 0 Å². The van der Waals surface area contributed by atoms with E-state index in [0.29, 0.717) is 5.69 Å². The average Bonchev–Trinajstić information content (AvgIpc) is 2.85. The molecule has 1 unspecified atom stereocenters. The van der Waals surface area contributed by atoms with E-state index in [1.54, 1.807) is 17.4 Å². The van der Waals surface area contributed by atoms with Crippen molar-refractivity contribution in [3.05, 3.63) is 46.2 Å². The Morgan fingerprint density at radius 3 is 2.62 bits per heavy atom. The zero-order chi connectivity index (χ0) is 15.5. The molecule has 0 aliphatic carbocycles. The number of benzene rings is 1. The third-order valence-corrected chi connectivity index (χ3v) is 4.32. The lowest BCUT2D eigenvalue weighted by molar-refractivity contribution is -0.274. The van der Waals surface area contributed by atoms with Crippen LogP contribution in [0.1, 0.15) is 29.6 Å². The lowest BCUT2D eigenvalue weighted by Crippen LogP contribution is -2.17. The molecule has 0 bridgehead atoms. The molecule has 1 heterocycles. The second kappa shape index (κ2) is 6.39. The van der Waals surface area contributed by atoms with Crippen LogP contribution in [0.5, 0.6) is 5.75 Å². The van der Waals surface area contributed by atoms with Gasteiger partial charge in [-0.3, -0.25) is 0 Å². The number of rotatable bonds is 5. The van der Waals surface area contributed by atoms with E-state index in [1.165, 1.54) is 23.1 Å². The van der Waals surface area contributed by atoms with Crippen molar-refractivity contribution in [1.82, 2.24) is 0 Å². The van der Waals surface area contributed by atoms with E-state index < -0.39 is 6.36 Å². The van der Waals surface area contributed by atoms with Gasteiger partial charge in [0.15, 0.2) is 0 Å². The molecule has 21 heavy (non-hydrogen) atoms. The maximum atomic E-state index is 12.2. The van der Waals surface area contributed by atoms with Gasteiger partial charge < -0.3 is 10.1 Å². The molecule has 1 aromatic heterocycles. The molecule has 114 valence electrons. The second-order valence-corrected chi connectivity index (χ2v) is 5.80. The van der Waals surface area contributed by atoms with Gasteiger partial charge in [-0.05, 0) is 37.6 Å². The zero-order valence-electron chi connectivity index (χ0n) is 11.7. The summed E-state index contributed by atoms with van der Waals surface area (Å²) in [5.74, 6) is -0.222. The van der Waals surface area contributed by atoms with Gasteiger partial charge in [0.2, 0.25) is 0 Å². The molecule has 0 fully saturated rings. The van der Waals surface area contributed by atoms with Crippen molar-refractivity contribution >= 4 is 17.0 Å². The minimum absolute atomic E-state index is 0.0245. The molecule has 1 N–H and O–H groups in total. The molecule has 0 spiro atoms. The number of alkyl halides is 3. The Hall–Kier alpha value is -1.69. The van der Waals surface area contributed by atoms with Gasteiger partial charge in [0.05, 0.1) is 6.04 Å². The summed E-state index contributed by atoms with van der Waals surface area (Å²) in [7, 11) is 0. The van der Waals surface area contributed by atoms with Crippen molar-refractivity contribution in [3.8, 4) is 5.75 Å². The number of hydrogen-bond acceptors (Lipinski definition) is 3. The highest BCUT2D eigenvalue weighted by atomic mass is 32.1. The van der Waals surface area contributed by atoms with E-state index in [9.17, 15) is 13.2 Å². The number of thiophene rings is 1. The molecule has 0 amide bonds. The van der Waals surface area contributed by atoms with Gasteiger partial charge in [-0.25, -0.2) is 0 Å². The molecule has 2 rings (SSSR count). The van der Waals surface area contributed by atoms with E-state index in [1.807, 2.05) is 13.0 Å². The van der Waals surface area contributed by atoms with Crippen LogP contribution < -0.4 is 10.1 Å². The standard InChI is InChI=1S/C15H16F3NOS/c1-3-13-7-8-14(21-13)10(2)19-11-5-4-6-12(9-11)20-15(16,17)18/h4-10,19H,3H2,1-2H3. The van der Waals surface area contributed by atoms with E-state index in [-0.39, 0.29) is 11.8 Å². The molecule has 0 aliphatic heterocycles. The van der Waals surface area contributed by atoms with Crippen LogP contribution >= 0.6 is 11.3 Å². The highest BCUT2D eigenvalue weighted by molar-refractivity contribution is 7.12. The summed E-state index contributed by atoms with van der Waals surface area (Å²) >= 11 is 1.70. The number of nitrogens with one attached hydrogen (secondary N) is 1. The largest absolute Gasteiger partial charge is 0.573 e. The number of anilines is 1. The van der Waals surface area contributed by atoms with Crippen LogP contribution in [0.2, 0.25) is 0 Å². The molecule has 2 aromatic rings. The van der Waals surface area contributed by atoms with Gasteiger partial charge in [-0.2, -0.15) is 0 Å². The smallest absolute Gasteiger partial charge is 0.406 e. The predicted octanol–water partition coefficient (Wildman–Crippen LogP) is 5.38. The monoisotopic (exact) mass is 315 g/mol. The summed E-state index contributed by atoms with van der Waals surface area (Å²) in [6.45, 7) is 4.06. The van der Waals surface area contributed by atoms with Crippen LogP contribution in [0.15, 0.2) is 36.4 Å². The molecule has 1 atom stereocenters. The molecule has 0 radical (unpaired) electrons. The highest BCUT2D eigenvalue weighted by Gasteiger charge is 2.31. The first-order chi connectivity index (χ1) is 9.87. The van der Waals surface area contributed by atoms with E-state index in [2.05, 4.69) is 23.0 Å². The second-order valence-electron chi connectivity index (χ2n) is 4.60. The van der Waals surface area contributed by atoms with Gasteiger partial charge in [-0.15, -0.1) is 24.5 Å². The van der Waals surface area contributed by atoms with Crippen molar-refractivity contribution in [2.75, 3.05) is 5.32 Å². The third kappa shape index (κ3) is 4.67. The lowest BCUT2D eigenvalue weighted by Gasteiger charge is -2.15. The molecule has 0 aliphatic rings. The minimum Gasteiger partial charge on any atom is -0.406 e. The molecule has 0 saturated carbocycles. The summed E-state index contributed by atoms with van der Waals surface area (Å²) in [5, 5.41) is 3.18. The number of aryl methyl sites for hydroxylation is 1. The first-order valence-corrected chi connectivity index (χ1v) is 7.40. The maximum Gasteiger partial charge on any atom is 0.573 e. The quantitative estimate of drug-likeness (QED) is 0.799. The fraction of sp³-hybridized carbons (Fsp3) is 0.333. The normalized spacial score (nSPS) is 13.0. The number of hydrogen-bond donors (Lipinski definition) is 1. The third-order valence-electron chi connectivity index (χ3n) is 2.91. The van der Waals surface area contributed by atoms with E-state index in [0.717, 1.165) is 11.3 Å². The summed E-state index contributed by atoms with van der Waals surface area (Å²) < 4.78 is 40.5. The van der Waals surface area contributed by atoms with Gasteiger partial charge in [0.25, 0.3) is 0 Å². The van der Waals surface area contributed by atoms with E-state index >= 15 is 0 Å². The molecule has 1 aromatic carbocycles. The van der Waals surface area contributed by atoms with Gasteiger partial charge in [-0.1, -0.05) is 13.0 Å². The fourth-order valence-electron chi connectivity index (χ4n) is 1.92. The Morgan fingerprint density at radius 1 is 1.24 bits per heavy atom. The van der Waals surface area contributed by atoms with E-state index in [4.69, 9.17) is 0 Å². The van der Waals surface area contributed by atoms with Crippen molar-refractivity contribution < 1.29 is 17.9 Å². The summed E-state index contributed by atoms with van der Waals surface area (Å²) in [4.78, 5) is 2.43.